The van der Waals surface area contributed by atoms with Crippen LogP contribution in [0.3, 0.4) is 0 Å². The quantitative estimate of drug-likeness (QED) is 0.408. The smallest absolute Gasteiger partial charge is 0.226 e. The summed E-state index contributed by atoms with van der Waals surface area (Å²) in [7, 11) is 0. The van der Waals surface area contributed by atoms with E-state index in [0.717, 1.165) is 61.8 Å². The van der Waals surface area contributed by atoms with Gasteiger partial charge < -0.3 is 5.32 Å². The number of rotatable bonds is 9. The van der Waals surface area contributed by atoms with Crippen LogP contribution in [0.1, 0.15) is 88.6 Å². The lowest BCUT2D eigenvalue weighted by Crippen LogP contribution is -2.50. The van der Waals surface area contributed by atoms with Gasteiger partial charge in [-0.1, -0.05) is 69.4 Å². The van der Waals surface area contributed by atoms with Crippen LogP contribution < -0.4 is 5.32 Å². The van der Waals surface area contributed by atoms with Gasteiger partial charge in [0.15, 0.2) is 0 Å². The van der Waals surface area contributed by atoms with Crippen LogP contribution in [0.4, 0.5) is 0 Å². The van der Waals surface area contributed by atoms with Crippen LogP contribution in [0.2, 0.25) is 0 Å². The fraction of sp³-hybridized carbons (Fsp3) is 0.613. The largest absolute Gasteiger partial charge is 0.349 e. The minimum absolute atomic E-state index is 0.100. The molecule has 1 aliphatic heterocycles. The summed E-state index contributed by atoms with van der Waals surface area (Å²) in [6.07, 6.45) is 10.8. The average Bonchev–Trinajstić information content (AvgIpc) is 3.17. The number of aromatic nitrogens is 2. The Morgan fingerprint density at radius 2 is 1.81 bits per heavy atom. The van der Waals surface area contributed by atoms with Crippen LogP contribution in [0.15, 0.2) is 42.5 Å². The molecule has 1 saturated carbocycles. The lowest BCUT2D eigenvalue weighted by molar-refractivity contribution is -0.133. The Morgan fingerprint density at radius 3 is 2.44 bits per heavy atom. The Kier molecular flexibility index (Phi) is 8.71. The number of likely N-dealkylation sites (tertiary alicyclic amines) is 1. The summed E-state index contributed by atoms with van der Waals surface area (Å²) in [4.78, 5) is 15.9. The minimum Gasteiger partial charge on any atom is -0.349 e. The molecule has 1 aromatic carbocycles. The predicted molar refractivity (Wildman–Crippen MR) is 148 cm³/mol. The molecule has 2 aliphatic rings. The summed E-state index contributed by atoms with van der Waals surface area (Å²) in [5.74, 6) is 1.04. The number of para-hydroxylation sites is 1. The zero-order valence-corrected chi connectivity index (χ0v) is 23.0. The highest BCUT2D eigenvalue weighted by Gasteiger charge is 2.38. The second-order valence-corrected chi connectivity index (χ2v) is 11.7. The van der Waals surface area contributed by atoms with Gasteiger partial charge in [0.25, 0.3) is 0 Å². The van der Waals surface area contributed by atoms with Crippen LogP contribution in [0.5, 0.6) is 0 Å². The standard InChI is InChI=1S/C31H46N4O/c1-23(2)29(17-16-26-12-8-6-9-13-26)32-30(36)31(5)18-20-34(21-19-31)22-28-24(3)33-35(25(28)4)27-14-10-7-11-15-27/h7,10-11,14-15,26,29H,1,6,8-9,12-13,16-22H2,2-5H3,(H,32,36). The average molecular weight is 491 g/mol. The Labute approximate surface area is 218 Å². The van der Waals surface area contributed by atoms with Crippen LogP contribution in [0, 0.1) is 25.2 Å². The fourth-order valence-corrected chi connectivity index (χ4v) is 6.03. The fourth-order valence-electron chi connectivity index (χ4n) is 6.03. The molecule has 2 fully saturated rings. The number of hydrogen-bond donors (Lipinski definition) is 1. The number of carbonyl (C=O) groups excluding carboxylic acids is 1. The van der Waals surface area contributed by atoms with Gasteiger partial charge in [-0.25, -0.2) is 4.68 Å². The van der Waals surface area contributed by atoms with E-state index in [2.05, 4.69) is 73.4 Å². The Balaban J connectivity index is 1.32. The van der Waals surface area contributed by atoms with Gasteiger partial charge in [-0.2, -0.15) is 5.10 Å². The third-order valence-electron chi connectivity index (χ3n) is 8.82. The summed E-state index contributed by atoms with van der Waals surface area (Å²) >= 11 is 0. The van der Waals surface area contributed by atoms with E-state index in [1.54, 1.807) is 0 Å². The van der Waals surface area contributed by atoms with Crippen LogP contribution in [-0.2, 0) is 11.3 Å². The Bertz CT molecular complexity index is 1030. The van der Waals surface area contributed by atoms with Crippen molar-refractivity contribution < 1.29 is 4.79 Å². The molecule has 0 radical (unpaired) electrons. The molecule has 0 bridgehead atoms. The van der Waals surface area contributed by atoms with Gasteiger partial charge >= 0.3 is 0 Å². The second-order valence-electron chi connectivity index (χ2n) is 11.7. The normalized spacial score (nSPS) is 19.7. The van der Waals surface area contributed by atoms with Crippen molar-refractivity contribution in [1.29, 1.82) is 0 Å². The van der Waals surface area contributed by atoms with Crippen molar-refractivity contribution in [2.45, 2.75) is 98.1 Å². The molecular weight excluding hydrogens is 444 g/mol. The molecule has 1 unspecified atom stereocenters. The van der Waals surface area contributed by atoms with Crippen LogP contribution in [0.25, 0.3) is 5.69 Å². The van der Waals surface area contributed by atoms with Gasteiger partial charge in [-0.15, -0.1) is 0 Å². The van der Waals surface area contributed by atoms with Crippen molar-refractivity contribution in [3.63, 3.8) is 0 Å². The van der Waals surface area contributed by atoms with Crippen molar-refractivity contribution in [1.82, 2.24) is 20.0 Å². The summed E-state index contributed by atoms with van der Waals surface area (Å²) in [6, 6.07) is 10.4. The molecule has 2 aromatic rings. The van der Waals surface area contributed by atoms with Gasteiger partial charge in [0.2, 0.25) is 5.91 Å². The van der Waals surface area contributed by atoms with Crippen molar-refractivity contribution in [2.24, 2.45) is 11.3 Å². The van der Waals surface area contributed by atoms with E-state index in [-0.39, 0.29) is 17.4 Å². The SMILES string of the molecule is C=C(C)C(CCC1CCCCC1)NC(=O)C1(C)CCN(Cc2c(C)nn(-c3ccccc3)c2C)CC1. The third-order valence-corrected chi connectivity index (χ3v) is 8.82. The van der Waals surface area contributed by atoms with E-state index in [1.165, 1.54) is 49.8 Å². The first-order valence-corrected chi connectivity index (χ1v) is 14.1. The molecule has 1 amide bonds. The Morgan fingerprint density at radius 1 is 1.14 bits per heavy atom. The second kappa shape index (κ2) is 11.8. The molecule has 0 spiro atoms. The maximum absolute atomic E-state index is 13.4. The van der Waals surface area contributed by atoms with E-state index in [1.807, 2.05) is 6.07 Å². The number of carbonyl (C=O) groups is 1. The van der Waals surface area contributed by atoms with Gasteiger partial charge in [0, 0.05) is 29.3 Å². The number of nitrogens with zero attached hydrogens (tertiary/aromatic N) is 3. The minimum atomic E-state index is -0.312. The first kappa shape index (κ1) is 26.7. The maximum atomic E-state index is 13.4. The lowest BCUT2D eigenvalue weighted by Gasteiger charge is -2.39. The first-order valence-electron chi connectivity index (χ1n) is 14.1. The van der Waals surface area contributed by atoms with Crippen LogP contribution >= 0.6 is 0 Å². The number of aryl methyl sites for hydroxylation is 1. The van der Waals surface area contributed by atoms with E-state index >= 15 is 0 Å². The van der Waals surface area contributed by atoms with Crippen molar-refractivity contribution >= 4 is 5.91 Å². The molecule has 1 atom stereocenters. The maximum Gasteiger partial charge on any atom is 0.226 e. The summed E-state index contributed by atoms with van der Waals surface area (Å²) < 4.78 is 2.05. The van der Waals surface area contributed by atoms with E-state index in [4.69, 9.17) is 5.10 Å². The Hall–Kier alpha value is -2.40. The summed E-state index contributed by atoms with van der Waals surface area (Å²) in [6.45, 7) is 15.4. The van der Waals surface area contributed by atoms with Gasteiger partial charge in [0.1, 0.15) is 0 Å². The molecular formula is C31H46N4O. The van der Waals surface area contributed by atoms with Gasteiger partial charge in [-0.05, 0) is 77.6 Å². The van der Waals surface area contributed by atoms with Gasteiger partial charge in [0.05, 0.1) is 11.4 Å². The molecule has 5 heteroatoms. The summed E-state index contributed by atoms with van der Waals surface area (Å²) in [5.41, 5.74) is 5.46. The third kappa shape index (κ3) is 6.29. The number of benzene rings is 1. The number of piperidine rings is 1. The molecule has 196 valence electrons. The number of amides is 1. The van der Waals surface area contributed by atoms with Gasteiger partial charge in [-0.3, -0.25) is 9.69 Å². The lowest BCUT2D eigenvalue weighted by atomic mass is 9.78. The van der Waals surface area contributed by atoms with Crippen molar-refractivity contribution in [3.05, 3.63) is 59.4 Å². The molecule has 1 saturated heterocycles. The van der Waals surface area contributed by atoms with E-state index < -0.39 is 0 Å². The molecule has 1 aliphatic carbocycles. The van der Waals surface area contributed by atoms with Crippen LogP contribution in [-0.4, -0.2) is 39.7 Å². The molecule has 36 heavy (non-hydrogen) atoms. The monoisotopic (exact) mass is 490 g/mol. The van der Waals surface area contributed by atoms with E-state index in [0.29, 0.717) is 0 Å². The molecule has 4 rings (SSSR count). The van der Waals surface area contributed by atoms with Crippen molar-refractivity contribution in [3.8, 4) is 5.69 Å². The summed E-state index contributed by atoms with van der Waals surface area (Å²) in [5, 5.41) is 8.22. The van der Waals surface area contributed by atoms with E-state index in [9.17, 15) is 4.79 Å². The zero-order chi connectivity index (χ0) is 25.7. The molecule has 1 aromatic heterocycles. The highest BCUT2D eigenvalue weighted by molar-refractivity contribution is 5.83. The number of nitrogens with one attached hydrogen (secondary N) is 1. The number of hydrogen-bond acceptors (Lipinski definition) is 3. The zero-order valence-electron chi connectivity index (χ0n) is 23.0. The highest BCUT2D eigenvalue weighted by Crippen LogP contribution is 2.34. The predicted octanol–water partition coefficient (Wildman–Crippen LogP) is 6.51. The topological polar surface area (TPSA) is 50.2 Å². The molecule has 1 N–H and O–H groups in total. The highest BCUT2D eigenvalue weighted by atomic mass is 16.2. The molecule has 5 nitrogen and oxygen atoms in total. The molecule has 2 heterocycles. The van der Waals surface area contributed by atoms with Crippen molar-refractivity contribution in [2.75, 3.05) is 13.1 Å². The first-order chi connectivity index (χ1) is 17.3.